The second-order valence-corrected chi connectivity index (χ2v) is 5.36. The van der Waals surface area contributed by atoms with E-state index in [0.717, 1.165) is 11.3 Å². The topological polar surface area (TPSA) is 89.6 Å². The third-order valence-electron chi connectivity index (χ3n) is 2.37. The summed E-state index contributed by atoms with van der Waals surface area (Å²) in [6.07, 6.45) is 1.49. The smallest absolute Gasteiger partial charge is 0.360 e. The molecule has 0 aliphatic carbocycles. The number of hydrogen-bond donors (Lipinski definition) is 2. The number of rotatable bonds is 5. The van der Waals surface area contributed by atoms with Gasteiger partial charge in [0, 0.05) is 11.2 Å². The maximum atomic E-state index is 12.0. The first-order valence-corrected chi connectivity index (χ1v) is 7.27. The maximum absolute atomic E-state index is 12.0. The molecule has 0 fully saturated rings. The highest BCUT2D eigenvalue weighted by Crippen LogP contribution is 2.18. The van der Waals surface area contributed by atoms with E-state index in [1.165, 1.54) is 6.20 Å². The van der Waals surface area contributed by atoms with Crippen LogP contribution in [0.25, 0.3) is 0 Å². The molecular weight excluding hydrogens is 312 g/mol. The van der Waals surface area contributed by atoms with Gasteiger partial charge in [-0.05, 0) is 31.2 Å². The maximum Gasteiger partial charge on any atom is 0.360 e. The molecule has 8 heteroatoms. The standard InChI is InChI=1S/C13H13ClN4O2S/c1-2-20-12(19)11(10-7-16-13(15)21-10)18-17-9-5-3-8(14)4-6-9/h3-7,17H,2H2,1H3,(H2,15,16)/b18-11-. The number of nitrogens with one attached hydrogen (secondary N) is 1. The van der Waals surface area contributed by atoms with Crippen molar-refractivity contribution in [1.82, 2.24) is 4.98 Å². The minimum atomic E-state index is -0.539. The molecule has 0 saturated heterocycles. The second-order valence-electron chi connectivity index (χ2n) is 3.86. The molecule has 0 saturated carbocycles. The molecule has 2 rings (SSSR count). The summed E-state index contributed by atoms with van der Waals surface area (Å²) >= 11 is 6.97. The van der Waals surface area contributed by atoms with Gasteiger partial charge in [0.15, 0.2) is 10.8 Å². The van der Waals surface area contributed by atoms with Gasteiger partial charge in [-0.25, -0.2) is 9.78 Å². The highest BCUT2D eigenvalue weighted by atomic mass is 35.5. The van der Waals surface area contributed by atoms with Gasteiger partial charge in [0.2, 0.25) is 0 Å². The van der Waals surface area contributed by atoms with Gasteiger partial charge in [-0.15, -0.1) is 0 Å². The SMILES string of the molecule is CCOC(=O)/C(=N\Nc1ccc(Cl)cc1)c1cnc(N)s1. The van der Waals surface area contributed by atoms with Crippen molar-refractivity contribution in [2.24, 2.45) is 5.10 Å². The lowest BCUT2D eigenvalue weighted by Crippen LogP contribution is -2.19. The van der Waals surface area contributed by atoms with Crippen LogP contribution in [-0.4, -0.2) is 23.3 Å². The number of carbonyl (C=O) groups excluding carboxylic acids is 1. The Morgan fingerprint density at radius 3 is 2.76 bits per heavy atom. The summed E-state index contributed by atoms with van der Waals surface area (Å²) in [6, 6.07) is 6.92. The zero-order valence-corrected chi connectivity index (χ0v) is 12.7. The molecule has 1 aromatic heterocycles. The third kappa shape index (κ3) is 4.17. The van der Waals surface area contributed by atoms with Crippen LogP contribution >= 0.6 is 22.9 Å². The van der Waals surface area contributed by atoms with Crippen LogP contribution in [0.1, 0.15) is 11.8 Å². The molecule has 0 amide bonds. The number of esters is 1. The highest BCUT2D eigenvalue weighted by Gasteiger charge is 2.18. The second kappa shape index (κ2) is 7.05. The molecule has 110 valence electrons. The van der Waals surface area contributed by atoms with Crippen molar-refractivity contribution in [2.45, 2.75) is 6.92 Å². The number of hydrogen-bond acceptors (Lipinski definition) is 7. The summed E-state index contributed by atoms with van der Waals surface area (Å²) in [5.41, 5.74) is 9.18. The van der Waals surface area contributed by atoms with E-state index >= 15 is 0 Å². The van der Waals surface area contributed by atoms with Gasteiger partial charge in [-0.1, -0.05) is 22.9 Å². The van der Waals surface area contributed by atoms with Crippen LogP contribution in [0.15, 0.2) is 35.6 Å². The number of carbonyl (C=O) groups is 1. The van der Waals surface area contributed by atoms with Crippen LogP contribution in [0.3, 0.4) is 0 Å². The third-order valence-corrected chi connectivity index (χ3v) is 3.45. The van der Waals surface area contributed by atoms with Gasteiger partial charge < -0.3 is 10.5 Å². The van der Waals surface area contributed by atoms with Crippen molar-refractivity contribution in [3.05, 3.63) is 40.4 Å². The molecule has 0 aliphatic heterocycles. The highest BCUT2D eigenvalue weighted by molar-refractivity contribution is 7.18. The average molecular weight is 325 g/mol. The Labute approximate surface area is 130 Å². The number of halogens is 1. The van der Waals surface area contributed by atoms with Gasteiger partial charge in [-0.2, -0.15) is 5.10 Å². The van der Waals surface area contributed by atoms with E-state index in [2.05, 4.69) is 15.5 Å². The molecule has 1 heterocycles. The molecule has 0 spiro atoms. The molecule has 0 bridgehead atoms. The van der Waals surface area contributed by atoms with Crippen LogP contribution in [0.4, 0.5) is 10.8 Å². The van der Waals surface area contributed by atoms with Gasteiger partial charge >= 0.3 is 5.97 Å². The molecule has 0 aliphatic rings. The zero-order chi connectivity index (χ0) is 15.2. The van der Waals surface area contributed by atoms with Crippen molar-refractivity contribution in [3.63, 3.8) is 0 Å². The Morgan fingerprint density at radius 2 is 2.19 bits per heavy atom. The Kier molecular flexibility index (Phi) is 5.13. The monoisotopic (exact) mass is 324 g/mol. The zero-order valence-electron chi connectivity index (χ0n) is 11.2. The fraction of sp³-hybridized carbons (Fsp3) is 0.154. The molecular formula is C13H13ClN4O2S. The number of ether oxygens (including phenoxy) is 1. The fourth-order valence-electron chi connectivity index (χ4n) is 1.44. The minimum Gasteiger partial charge on any atom is -0.461 e. The number of thiazole rings is 1. The predicted octanol–water partition coefficient (Wildman–Crippen LogP) is 2.76. The van der Waals surface area contributed by atoms with E-state index in [1.807, 2.05) is 0 Å². The summed E-state index contributed by atoms with van der Waals surface area (Å²) in [7, 11) is 0. The summed E-state index contributed by atoms with van der Waals surface area (Å²) in [5.74, 6) is -0.539. The lowest BCUT2D eigenvalue weighted by atomic mass is 10.3. The number of aromatic nitrogens is 1. The van der Waals surface area contributed by atoms with E-state index in [4.69, 9.17) is 22.1 Å². The number of nitrogen functional groups attached to an aromatic ring is 1. The summed E-state index contributed by atoms with van der Waals surface area (Å²) in [6.45, 7) is 1.98. The van der Waals surface area contributed by atoms with Crippen molar-refractivity contribution in [1.29, 1.82) is 0 Å². The van der Waals surface area contributed by atoms with Crippen LogP contribution in [0, 0.1) is 0 Å². The van der Waals surface area contributed by atoms with Gasteiger partial charge in [-0.3, -0.25) is 5.43 Å². The van der Waals surface area contributed by atoms with E-state index < -0.39 is 5.97 Å². The Morgan fingerprint density at radius 1 is 1.48 bits per heavy atom. The van der Waals surface area contributed by atoms with Crippen molar-refractivity contribution in [2.75, 3.05) is 17.8 Å². The molecule has 0 atom stereocenters. The molecule has 21 heavy (non-hydrogen) atoms. The van der Waals surface area contributed by atoms with Gasteiger partial charge in [0.25, 0.3) is 0 Å². The van der Waals surface area contributed by atoms with Crippen molar-refractivity contribution < 1.29 is 9.53 Å². The summed E-state index contributed by atoms with van der Waals surface area (Å²) in [5, 5.41) is 5.06. The van der Waals surface area contributed by atoms with E-state index in [1.54, 1.807) is 31.2 Å². The van der Waals surface area contributed by atoms with Gasteiger partial charge in [0.1, 0.15) is 0 Å². The number of nitrogens with zero attached hydrogens (tertiary/aromatic N) is 2. The van der Waals surface area contributed by atoms with Gasteiger partial charge in [0.05, 0.1) is 17.2 Å². The Hall–Kier alpha value is -2.12. The summed E-state index contributed by atoms with van der Waals surface area (Å²) < 4.78 is 4.98. The largest absolute Gasteiger partial charge is 0.461 e. The number of hydrazone groups is 1. The van der Waals surface area contributed by atoms with Crippen molar-refractivity contribution in [3.8, 4) is 0 Å². The Bertz CT molecular complexity index is 654. The lowest BCUT2D eigenvalue weighted by molar-refractivity contribution is -0.134. The predicted molar refractivity (Wildman–Crippen MR) is 84.8 cm³/mol. The molecule has 1 aromatic carbocycles. The molecule has 3 N–H and O–H groups in total. The quantitative estimate of drug-likeness (QED) is 0.501. The normalized spacial score (nSPS) is 11.2. The number of anilines is 2. The van der Waals surface area contributed by atoms with Crippen LogP contribution in [0.5, 0.6) is 0 Å². The van der Waals surface area contributed by atoms with Crippen molar-refractivity contribution >= 4 is 45.4 Å². The lowest BCUT2D eigenvalue weighted by Gasteiger charge is -2.05. The van der Waals surface area contributed by atoms with E-state index in [9.17, 15) is 4.79 Å². The minimum absolute atomic E-state index is 0.126. The first-order chi connectivity index (χ1) is 10.1. The fourth-order valence-corrected chi connectivity index (χ4v) is 2.23. The average Bonchev–Trinajstić information content (AvgIpc) is 2.88. The molecule has 6 nitrogen and oxygen atoms in total. The Balaban J connectivity index is 2.24. The number of benzene rings is 1. The van der Waals surface area contributed by atoms with Crippen LogP contribution < -0.4 is 11.2 Å². The first kappa shape index (κ1) is 15.3. The van der Waals surface area contributed by atoms with E-state index in [0.29, 0.717) is 20.7 Å². The molecule has 2 aromatic rings. The van der Waals surface area contributed by atoms with E-state index in [-0.39, 0.29) is 12.3 Å². The molecule has 0 radical (unpaired) electrons. The van der Waals surface area contributed by atoms with Crippen LogP contribution in [-0.2, 0) is 9.53 Å². The van der Waals surface area contributed by atoms with Crippen LogP contribution in [0.2, 0.25) is 5.02 Å². The summed E-state index contributed by atoms with van der Waals surface area (Å²) in [4.78, 5) is 16.4. The number of nitrogens with two attached hydrogens (primary N) is 1. The first-order valence-electron chi connectivity index (χ1n) is 6.08. The molecule has 0 unspecified atom stereocenters.